The summed E-state index contributed by atoms with van der Waals surface area (Å²) in [6.45, 7) is 0. The van der Waals surface area contributed by atoms with Gasteiger partial charge in [-0.3, -0.25) is 0 Å². The molecule has 0 radical (unpaired) electrons. The summed E-state index contributed by atoms with van der Waals surface area (Å²) in [5.74, 6) is 0. The van der Waals surface area contributed by atoms with Gasteiger partial charge in [-0.15, -0.1) is 11.3 Å². The first-order chi connectivity index (χ1) is 29.7. The van der Waals surface area contributed by atoms with Gasteiger partial charge in [0.1, 0.15) is 0 Å². The summed E-state index contributed by atoms with van der Waals surface area (Å²) >= 11 is 1.87. The van der Waals surface area contributed by atoms with E-state index in [2.05, 4.69) is 235 Å². The van der Waals surface area contributed by atoms with Crippen LogP contribution in [0.15, 0.2) is 231 Å². The number of rotatable bonds is 8. The first-order valence-corrected chi connectivity index (χ1v) is 21.6. The summed E-state index contributed by atoms with van der Waals surface area (Å²) in [5.41, 5.74) is 14.7. The molecule has 9 aromatic carbocycles. The van der Waals surface area contributed by atoms with Crippen LogP contribution >= 0.6 is 11.3 Å². The molecule has 1 heterocycles. The Hall–Kier alpha value is -7.26. The number of hydrogen-bond donors (Lipinski definition) is 0. The maximum Gasteiger partial charge on any atom is 0.0560 e. The summed E-state index contributed by atoms with van der Waals surface area (Å²) < 4.78 is 2.62. The minimum Gasteiger partial charge on any atom is -0.334 e. The van der Waals surface area contributed by atoms with E-state index in [9.17, 15) is 0 Å². The van der Waals surface area contributed by atoms with E-state index in [0.717, 1.165) is 6.42 Å². The van der Waals surface area contributed by atoms with Gasteiger partial charge in [0.25, 0.3) is 0 Å². The van der Waals surface area contributed by atoms with Crippen LogP contribution in [0.25, 0.3) is 81.0 Å². The molecule has 1 aliphatic rings. The third-order valence-electron chi connectivity index (χ3n) is 12.0. The first kappa shape index (κ1) is 35.9. The van der Waals surface area contributed by atoms with E-state index in [0.29, 0.717) is 0 Å². The summed E-state index contributed by atoms with van der Waals surface area (Å²) in [6.07, 6.45) is 8.07. The molecule has 284 valence electrons. The number of hydrogen-bond acceptors (Lipinski definition) is 2. The van der Waals surface area contributed by atoms with Crippen LogP contribution in [0, 0.1) is 0 Å². The average Bonchev–Trinajstić information content (AvgIpc) is 3.72. The van der Waals surface area contributed by atoms with Crippen LogP contribution < -0.4 is 4.90 Å². The number of anilines is 2. The Morgan fingerprint density at radius 3 is 1.68 bits per heavy atom. The molecule has 0 saturated carbocycles. The molecular formula is C58H41NS. The van der Waals surface area contributed by atoms with Crippen molar-refractivity contribution in [1.29, 1.82) is 0 Å². The topological polar surface area (TPSA) is 3.24 Å². The lowest BCUT2D eigenvalue weighted by molar-refractivity contribution is 0.790. The molecular weight excluding hydrogens is 743 g/mol. The van der Waals surface area contributed by atoms with Crippen molar-refractivity contribution in [3.8, 4) is 44.5 Å². The van der Waals surface area contributed by atoms with E-state index in [1.165, 1.54) is 98.0 Å². The lowest BCUT2D eigenvalue weighted by atomic mass is 9.90. The molecule has 1 nitrogen and oxygen atoms in total. The van der Waals surface area contributed by atoms with Gasteiger partial charge in [0.2, 0.25) is 0 Å². The Balaban J connectivity index is 0.970. The fourth-order valence-corrected chi connectivity index (χ4v) is 10.1. The summed E-state index contributed by atoms with van der Waals surface area (Å²) in [6, 6.07) is 77.7. The van der Waals surface area contributed by atoms with E-state index in [1.54, 1.807) is 0 Å². The quantitative estimate of drug-likeness (QED) is 0.148. The lowest BCUT2D eigenvalue weighted by Crippen LogP contribution is -2.30. The number of benzene rings is 9. The smallest absolute Gasteiger partial charge is 0.0560 e. The largest absolute Gasteiger partial charge is 0.334 e. The van der Waals surface area contributed by atoms with Crippen molar-refractivity contribution in [2.24, 2.45) is 0 Å². The predicted molar refractivity (Wildman–Crippen MR) is 259 cm³/mol. The van der Waals surface area contributed by atoms with Gasteiger partial charge in [-0.1, -0.05) is 170 Å². The van der Waals surface area contributed by atoms with Gasteiger partial charge >= 0.3 is 0 Å². The highest BCUT2D eigenvalue weighted by Gasteiger charge is 2.24. The molecule has 0 bridgehead atoms. The van der Waals surface area contributed by atoms with E-state index in [1.807, 2.05) is 11.3 Å². The highest BCUT2D eigenvalue weighted by Crippen LogP contribution is 2.44. The maximum absolute atomic E-state index is 2.57. The Kier molecular flexibility index (Phi) is 9.26. The molecule has 10 aromatic rings. The SMILES string of the molecule is C1=CC(N(c2ccc(-c3cccc(-c4ccc5ccccc5c4)c3)cc2)c2cccc3sc4ccccc4c23)CC=C1c1cc(-c2ccccc2)cc(-c2ccccc2)c1. The number of nitrogens with zero attached hydrogens (tertiary/aromatic N) is 1. The second-order valence-corrected chi connectivity index (χ2v) is 16.7. The van der Waals surface area contributed by atoms with E-state index >= 15 is 0 Å². The Bertz CT molecular complexity index is 3170. The first-order valence-electron chi connectivity index (χ1n) is 20.8. The van der Waals surface area contributed by atoms with Crippen molar-refractivity contribution in [3.63, 3.8) is 0 Å². The van der Waals surface area contributed by atoms with Gasteiger partial charge in [-0.25, -0.2) is 0 Å². The van der Waals surface area contributed by atoms with Crippen LogP contribution in [0.1, 0.15) is 12.0 Å². The van der Waals surface area contributed by atoms with Crippen LogP contribution in [0.2, 0.25) is 0 Å². The fourth-order valence-electron chi connectivity index (χ4n) is 8.93. The van der Waals surface area contributed by atoms with Crippen molar-refractivity contribution < 1.29 is 0 Å². The Labute approximate surface area is 355 Å². The van der Waals surface area contributed by atoms with Gasteiger partial charge in [-0.05, 0) is 134 Å². The van der Waals surface area contributed by atoms with Crippen LogP contribution in [0.4, 0.5) is 11.4 Å². The number of thiophene rings is 1. The summed E-state index contributed by atoms with van der Waals surface area (Å²) in [4.78, 5) is 2.57. The zero-order valence-corrected chi connectivity index (χ0v) is 33.9. The van der Waals surface area contributed by atoms with Crippen molar-refractivity contribution in [2.75, 3.05) is 4.90 Å². The monoisotopic (exact) mass is 783 g/mol. The zero-order chi connectivity index (χ0) is 39.8. The number of fused-ring (bicyclic) bond motifs is 4. The van der Waals surface area contributed by atoms with Crippen molar-refractivity contribution in [2.45, 2.75) is 12.5 Å². The summed E-state index contributed by atoms with van der Waals surface area (Å²) in [5, 5.41) is 5.14. The van der Waals surface area contributed by atoms with E-state index < -0.39 is 0 Å². The molecule has 0 saturated heterocycles. The molecule has 0 spiro atoms. The van der Waals surface area contributed by atoms with Crippen molar-refractivity contribution >= 4 is 59.2 Å². The molecule has 1 aromatic heterocycles. The molecule has 60 heavy (non-hydrogen) atoms. The molecule has 0 aliphatic heterocycles. The second-order valence-electron chi connectivity index (χ2n) is 15.7. The van der Waals surface area contributed by atoms with Crippen LogP contribution in [-0.2, 0) is 0 Å². The fraction of sp³-hybridized carbons (Fsp3) is 0.0345. The average molecular weight is 784 g/mol. The van der Waals surface area contributed by atoms with E-state index in [4.69, 9.17) is 0 Å². The minimum atomic E-state index is 0.117. The van der Waals surface area contributed by atoms with Gasteiger partial charge in [0.15, 0.2) is 0 Å². The van der Waals surface area contributed by atoms with Gasteiger partial charge in [0, 0.05) is 25.9 Å². The molecule has 1 atom stereocenters. The highest BCUT2D eigenvalue weighted by atomic mass is 32.1. The third-order valence-corrected chi connectivity index (χ3v) is 13.1. The Morgan fingerprint density at radius 2 is 0.950 bits per heavy atom. The van der Waals surface area contributed by atoms with Gasteiger partial charge in [0.05, 0.1) is 11.7 Å². The molecule has 1 aliphatic carbocycles. The number of allylic oxidation sites excluding steroid dienone is 2. The lowest BCUT2D eigenvalue weighted by Gasteiger charge is -2.34. The van der Waals surface area contributed by atoms with Crippen LogP contribution in [-0.4, -0.2) is 6.04 Å². The normalized spacial score (nSPS) is 13.8. The standard InChI is InChI=1S/C58H41NS/c1-3-13-40(14-4-1)49-37-50(41-15-5-2-6-16-41)39-51(38-49)44-29-33-53(34-30-44)59(55-22-12-24-57-58(55)54-21-9-10-23-56(54)60-57)52-31-27-43(28-32-52)46-19-11-20-47(35-46)48-26-25-42-17-7-8-18-45(42)36-48/h1-33,35-39,53H,34H2. The third kappa shape index (κ3) is 6.81. The minimum absolute atomic E-state index is 0.117. The van der Waals surface area contributed by atoms with Crippen molar-refractivity contribution in [3.05, 3.63) is 236 Å². The van der Waals surface area contributed by atoms with Gasteiger partial charge in [-0.2, -0.15) is 0 Å². The zero-order valence-electron chi connectivity index (χ0n) is 33.1. The van der Waals surface area contributed by atoms with Gasteiger partial charge < -0.3 is 4.90 Å². The van der Waals surface area contributed by atoms with E-state index in [-0.39, 0.29) is 6.04 Å². The predicted octanol–water partition coefficient (Wildman–Crippen LogP) is 16.4. The maximum atomic E-state index is 2.57. The van der Waals surface area contributed by atoms with Crippen LogP contribution in [0.3, 0.4) is 0 Å². The molecule has 11 rings (SSSR count). The van der Waals surface area contributed by atoms with Crippen LogP contribution in [0.5, 0.6) is 0 Å². The molecule has 0 amide bonds. The molecule has 2 heteroatoms. The molecule has 0 fully saturated rings. The molecule has 1 unspecified atom stereocenters. The highest BCUT2D eigenvalue weighted by molar-refractivity contribution is 7.26. The Morgan fingerprint density at radius 1 is 0.400 bits per heavy atom. The van der Waals surface area contributed by atoms with Crippen molar-refractivity contribution in [1.82, 2.24) is 0 Å². The second kappa shape index (κ2) is 15.5. The molecule has 0 N–H and O–H groups in total. The summed E-state index contributed by atoms with van der Waals surface area (Å²) in [7, 11) is 0.